The predicted molar refractivity (Wildman–Crippen MR) is 103 cm³/mol. The predicted octanol–water partition coefficient (Wildman–Crippen LogP) is 3.69. The summed E-state index contributed by atoms with van der Waals surface area (Å²) in [5, 5.41) is 0. The third-order valence-corrected chi connectivity index (χ3v) is 6.45. The highest BCUT2D eigenvalue weighted by Crippen LogP contribution is 2.23. The molecule has 0 saturated carbocycles. The van der Waals surface area contributed by atoms with Gasteiger partial charge in [0.15, 0.2) is 0 Å². The van der Waals surface area contributed by atoms with Crippen LogP contribution in [-0.4, -0.2) is 21.5 Å². The number of nitrogens with one attached hydrogen (secondary N) is 1. The summed E-state index contributed by atoms with van der Waals surface area (Å²) >= 11 is 0. The van der Waals surface area contributed by atoms with Crippen molar-refractivity contribution in [3.63, 3.8) is 0 Å². The Morgan fingerprint density at radius 1 is 0.960 bits per heavy atom. The molecule has 1 aliphatic rings. The Morgan fingerprint density at radius 3 is 2.08 bits per heavy atom. The molecule has 1 aliphatic heterocycles. The Hall–Kier alpha value is -1.85. The molecule has 0 aromatic heterocycles. The van der Waals surface area contributed by atoms with Crippen LogP contribution in [0.2, 0.25) is 0 Å². The Morgan fingerprint density at radius 2 is 1.52 bits per heavy atom. The summed E-state index contributed by atoms with van der Waals surface area (Å²) in [6.07, 6.45) is 2.49. The molecule has 1 N–H and O–H groups in total. The quantitative estimate of drug-likeness (QED) is 0.887. The van der Waals surface area contributed by atoms with Crippen molar-refractivity contribution in [2.24, 2.45) is 0 Å². The van der Waals surface area contributed by atoms with Gasteiger partial charge >= 0.3 is 0 Å². The molecule has 0 aliphatic carbocycles. The normalized spacial score (nSPS) is 14.9. The second-order valence-corrected chi connectivity index (χ2v) is 8.62. The Kier molecular flexibility index (Phi) is 5.16. The molecule has 0 atom stereocenters. The molecule has 3 rings (SSSR count). The Labute approximate surface area is 150 Å². The van der Waals surface area contributed by atoms with Crippen LogP contribution in [0.25, 0.3) is 0 Å². The van der Waals surface area contributed by atoms with Crippen LogP contribution in [0.15, 0.2) is 41.3 Å². The first-order valence-corrected chi connectivity index (χ1v) is 10.3. The van der Waals surface area contributed by atoms with Gasteiger partial charge in [0.25, 0.3) is 0 Å². The van der Waals surface area contributed by atoms with Gasteiger partial charge in [0.1, 0.15) is 0 Å². The molecule has 5 heteroatoms. The summed E-state index contributed by atoms with van der Waals surface area (Å²) in [7, 11) is -3.52. The lowest BCUT2D eigenvalue weighted by Gasteiger charge is -2.18. The van der Waals surface area contributed by atoms with Crippen molar-refractivity contribution in [2.45, 2.75) is 45.1 Å². The molecule has 1 saturated heterocycles. The fourth-order valence-electron chi connectivity index (χ4n) is 3.64. The number of hydrogen-bond donors (Lipinski definition) is 1. The van der Waals surface area contributed by atoms with Gasteiger partial charge < -0.3 is 4.90 Å². The van der Waals surface area contributed by atoms with E-state index < -0.39 is 10.0 Å². The molecule has 25 heavy (non-hydrogen) atoms. The molecule has 0 spiro atoms. The molecular weight excluding hydrogens is 332 g/mol. The molecule has 1 fully saturated rings. The first-order valence-electron chi connectivity index (χ1n) is 8.78. The Bertz CT molecular complexity index is 829. The van der Waals surface area contributed by atoms with E-state index in [0.717, 1.165) is 35.3 Å². The number of rotatable bonds is 5. The summed E-state index contributed by atoms with van der Waals surface area (Å²) in [4.78, 5) is 2.76. The van der Waals surface area contributed by atoms with Gasteiger partial charge in [-0.25, -0.2) is 13.1 Å². The van der Waals surface area contributed by atoms with Crippen LogP contribution in [0.1, 0.15) is 35.1 Å². The van der Waals surface area contributed by atoms with Crippen LogP contribution in [0.4, 0.5) is 5.69 Å². The lowest BCUT2D eigenvalue weighted by Crippen LogP contribution is -2.25. The topological polar surface area (TPSA) is 49.4 Å². The number of hydrogen-bond acceptors (Lipinski definition) is 3. The standard InChI is InChI=1S/C20H26N2O2S/c1-15-12-16(2)20(17(3)13-15)25(23,24)21-14-18-6-8-19(9-7-18)22-10-4-5-11-22/h6-9,12-13,21H,4-5,10-11,14H2,1-3H3. The van der Waals surface area contributed by atoms with Crippen LogP contribution < -0.4 is 9.62 Å². The third-order valence-electron chi connectivity index (χ3n) is 4.75. The highest BCUT2D eigenvalue weighted by molar-refractivity contribution is 7.89. The van der Waals surface area contributed by atoms with Gasteiger partial charge in [-0.2, -0.15) is 0 Å². The van der Waals surface area contributed by atoms with Crippen molar-refractivity contribution in [3.05, 3.63) is 58.7 Å². The number of benzene rings is 2. The average molecular weight is 359 g/mol. The van der Waals surface area contributed by atoms with Gasteiger partial charge in [-0.3, -0.25) is 0 Å². The van der Waals surface area contributed by atoms with E-state index in [2.05, 4.69) is 21.8 Å². The summed E-state index contributed by atoms with van der Waals surface area (Å²) in [6, 6.07) is 12.0. The van der Waals surface area contributed by atoms with Crippen molar-refractivity contribution in [1.82, 2.24) is 4.72 Å². The highest BCUT2D eigenvalue weighted by Gasteiger charge is 2.19. The van der Waals surface area contributed by atoms with Crippen molar-refractivity contribution in [3.8, 4) is 0 Å². The van der Waals surface area contributed by atoms with E-state index in [1.807, 2.05) is 45.0 Å². The highest BCUT2D eigenvalue weighted by atomic mass is 32.2. The lowest BCUT2D eigenvalue weighted by molar-refractivity contribution is 0.580. The van der Waals surface area contributed by atoms with E-state index in [4.69, 9.17) is 0 Å². The molecule has 0 unspecified atom stereocenters. The molecule has 2 aromatic rings. The van der Waals surface area contributed by atoms with Gasteiger partial charge in [0.2, 0.25) is 10.0 Å². The molecule has 0 bridgehead atoms. The number of anilines is 1. The molecule has 2 aromatic carbocycles. The number of nitrogens with zero attached hydrogens (tertiary/aromatic N) is 1. The van der Waals surface area contributed by atoms with Crippen LogP contribution in [0.3, 0.4) is 0 Å². The zero-order valence-corrected chi connectivity index (χ0v) is 16.0. The molecule has 0 radical (unpaired) electrons. The largest absolute Gasteiger partial charge is 0.372 e. The van der Waals surface area contributed by atoms with Crippen LogP contribution >= 0.6 is 0 Å². The van der Waals surface area contributed by atoms with Crippen molar-refractivity contribution < 1.29 is 8.42 Å². The van der Waals surface area contributed by atoms with Crippen molar-refractivity contribution in [2.75, 3.05) is 18.0 Å². The molecule has 134 valence electrons. The summed E-state index contributed by atoms with van der Waals surface area (Å²) in [5.41, 5.74) is 4.83. The second kappa shape index (κ2) is 7.18. The van der Waals surface area contributed by atoms with E-state index >= 15 is 0 Å². The first-order chi connectivity index (χ1) is 11.9. The van der Waals surface area contributed by atoms with E-state index in [-0.39, 0.29) is 0 Å². The van der Waals surface area contributed by atoms with Gasteiger partial charge in [-0.05, 0) is 62.4 Å². The van der Waals surface area contributed by atoms with Gasteiger partial charge in [0.05, 0.1) is 4.90 Å². The Balaban J connectivity index is 1.72. The summed E-state index contributed by atoms with van der Waals surface area (Å²) < 4.78 is 28.2. The maximum absolute atomic E-state index is 12.7. The summed E-state index contributed by atoms with van der Waals surface area (Å²) in [5.74, 6) is 0. The third kappa shape index (κ3) is 4.05. The van der Waals surface area contributed by atoms with Gasteiger partial charge in [-0.1, -0.05) is 29.8 Å². The summed E-state index contributed by atoms with van der Waals surface area (Å²) in [6.45, 7) is 8.19. The van der Waals surface area contributed by atoms with Crippen molar-refractivity contribution >= 4 is 15.7 Å². The average Bonchev–Trinajstić information content (AvgIpc) is 3.06. The minimum atomic E-state index is -3.52. The van der Waals surface area contributed by atoms with Crippen LogP contribution in [0, 0.1) is 20.8 Å². The number of sulfonamides is 1. The van der Waals surface area contributed by atoms with E-state index in [1.165, 1.54) is 18.5 Å². The first kappa shape index (κ1) is 18.0. The lowest BCUT2D eigenvalue weighted by atomic mass is 10.1. The second-order valence-electron chi connectivity index (χ2n) is 6.91. The maximum atomic E-state index is 12.7. The molecule has 1 heterocycles. The minimum absolute atomic E-state index is 0.301. The molecule has 4 nitrogen and oxygen atoms in total. The fraction of sp³-hybridized carbons (Fsp3) is 0.400. The number of aryl methyl sites for hydroxylation is 3. The zero-order valence-electron chi connectivity index (χ0n) is 15.2. The van der Waals surface area contributed by atoms with E-state index in [1.54, 1.807) is 0 Å². The van der Waals surface area contributed by atoms with Crippen LogP contribution in [-0.2, 0) is 16.6 Å². The SMILES string of the molecule is Cc1cc(C)c(S(=O)(=O)NCc2ccc(N3CCCC3)cc2)c(C)c1. The minimum Gasteiger partial charge on any atom is -0.372 e. The maximum Gasteiger partial charge on any atom is 0.241 e. The smallest absolute Gasteiger partial charge is 0.241 e. The molecular formula is C20H26N2O2S. The van der Waals surface area contributed by atoms with Gasteiger partial charge in [0, 0.05) is 25.3 Å². The van der Waals surface area contributed by atoms with Gasteiger partial charge in [-0.15, -0.1) is 0 Å². The molecule has 0 amide bonds. The monoisotopic (exact) mass is 358 g/mol. The van der Waals surface area contributed by atoms with E-state index in [0.29, 0.717) is 11.4 Å². The van der Waals surface area contributed by atoms with Crippen LogP contribution in [0.5, 0.6) is 0 Å². The fourth-order valence-corrected chi connectivity index (χ4v) is 5.11. The zero-order chi connectivity index (χ0) is 18.0. The van der Waals surface area contributed by atoms with Crippen molar-refractivity contribution in [1.29, 1.82) is 0 Å². The van der Waals surface area contributed by atoms with E-state index in [9.17, 15) is 8.42 Å².